The molecule has 0 amide bonds. The number of aromatic nitrogens is 4. The number of likely N-dealkylation sites (N-methyl/N-ethyl adjacent to an activating group) is 1. The third-order valence-corrected chi connectivity index (χ3v) is 2.91. The highest BCUT2D eigenvalue weighted by Crippen LogP contribution is 2.16. The zero-order valence-electron chi connectivity index (χ0n) is 8.47. The van der Waals surface area contributed by atoms with Gasteiger partial charge in [-0.05, 0) is 6.54 Å². The van der Waals surface area contributed by atoms with E-state index >= 15 is 0 Å². The number of nitrogens with zero attached hydrogens (tertiary/aromatic N) is 3. The molecule has 0 aliphatic rings. The number of thiazole rings is 1. The number of H-pyrrole nitrogens is 1. The van der Waals surface area contributed by atoms with E-state index in [0.29, 0.717) is 0 Å². The van der Waals surface area contributed by atoms with Gasteiger partial charge in [0.15, 0.2) is 0 Å². The van der Waals surface area contributed by atoms with Crippen LogP contribution in [0.1, 0.15) is 23.7 Å². The lowest BCUT2D eigenvalue weighted by atomic mass is 10.1. The topological polar surface area (TPSA) is 66.5 Å². The van der Waals surface area contributed by atoms with Crippen molar-refractivity contribution >= 4 is 11.3 Å². The highest BCUT2D eigenvalue weighted by Gasteiger charge is 2.14. The number of hydrogen-bond donors (Lipinski definition) is 2. The first-order valence-corrected chi connectivity index (χ1v) is 5.75. The van der Waals surface area contributed by atoms with Gasteiger partial charge in [0.05, 0.1) is 22.9 Å². The van der Waals surface area contributed by atoms with Crippen LogP contribution in [0.25, 0.3) is 0 Å². The van der Waals surface area contributed by atoms with E-state index in [1.165, 1.54) is 0 Å². The first-order chi connectivity index (χ1) is 7.40. The van der Waals surface area contributed by atoms with Crippen LogP contribution in [-0.2, 0) is 6.42 Å². The Bertz CT molecular complexity index is 369. The lowest BCUT2D eigenvalue weighted by Crippen LogP contribution is -2.23. The van der Waals surface area contributed by atoms with Crippen LogP contribution in [0.3, 0.4) is 0 Å². The minimum atomic E-state index is 0.194. The molecule has 2 rings (SSSR count). The molecule has 0 aromatic carbocycles. The summed E-state index contributed by atoms with van der Waals surface area (Å²) in [5.74, 6) is 0. The zero-order valence-corrected chi connectivity index (χ0v) is 9.29. The Balaban J connectivity index is 2.07. The van der Waals surface area contributed by atoms with Crippen LogP contribution in [0.2, 0.25) is 0 Å². The third-order valence-electron chi connectivity index (χ3n) is 2.10. The molecule has 5 nitrogen and oxygen atoms in total. The first kappa shape index (κ1) is 10.3. The minimum Gasteiger partial charge on any atom is -0.308 e. The van der Waals surface area contributed by atoms with E-state index in [-0.39, 0.29) is 6.04 Å². The van der Waals surface area contributed by atoms with E-state index in [1.54, 1.807) is 17.5 Å². The maximum atomic E-state index is 4.27. The van der Waals surface area contributed by atoms with Gasteiger partial charge in [-0.1, -0.05) is 6.92 Å². The summed E-state index contributed by atoms with van der Waals surface area (Å²) in [7, 11) is 0. The van der Waals surface area contributed by atoms with Crippen molar-refractivity contribution in [1.29, 1.82) is 0 Å². The van der Waals surface area contributed by atoms with E-state index in [4.69, 9.17) is 0 Å². The fraction of sp³-hybridized carbons (Fsp3) is 0.444. The number of hydrogen-bond acceptors (Lipinski definition) is 5. The van der Waals surface area contributed by atoms with E-state index < -0.39 is 0 Å². The maximum absolute atomic E-state index is 4.27. The predicted molar refractivity (Wildman–Crippen MR) is 58.6 cm³/mol. The summed E-state index contributed by atoms with van der Waals surface area (Å²) in [5, 5.41) is 17.0. The summed E-state index contributed by atoms with van der Waals surface area (Å²) in [4.78, 5) is 4.27. The Hall–Kier alpha value is -1.27. The van der Waals surface area contributed by atoms with Gasteiger partial charge in [-0.2, -0.15) is 15.4 Å². The van der Waals surface area contributed by atoms with Crippen LogP contribution < -0.4 is 5.32 Å². The van der Waals surface area contributed by atoms with Crippen molar-refractivity contribution in [1.82, 2.24) is 25.7 Å². The van der Waals surface area contributed by atoms with Crippen molar-refractivity contribution in [3.8, 4) is 0 Å². The second kappa shape index (κ2) is 4.99. The number of rotatable bonds is 5. The summed E-state index contributed by atoms with van der Waals surface area (Å²) in [6.07, 6.45) is 4.44. The second-order valence-electron chi connectivity index (χ2n) is 3.14. The lowest BCUT2D eigenvalue weighted by Gasteiger charge is -2.12. The van der Waals surface area contributed by atoms with Gasteiger partial charge < -0.3 is 5.32 Å². The average Bonchev–Trinajstić information content (AvgIpc) is 2.89. The van der Waals surface area contributed by atoms with Crippen LogP contribution in [-0.4, -0.2) is 26.9 Å². The van der Waals surface area contributed by atoms with Crippen LogP contribution in [0, 0.1) is 0 Å². The van der Waals surface area contributed by atoms with Crippen LogP contribution in [0.15, 0.2) is 17.8 Å². The molecule has 80 valence electrons. The molecule has 2 aromatic heterocycles. The van der Waals surface area contributed by atoms with Crippen LogP contribution in [0.5, 0.6) is 0 Å². The molecule has 0 fully saturated rings. The summed E-state index contributed by atoms with van der Waals surface area (Å²) in [5.41, 5.74) is 0.937. The Morgan fingerprint density at radius 2 is 2.53 bits per heavy atom. The SMILES string of the molecule is CCNC(Cc1nccs1)c1cn[nH]n1. The fourth-order valence-corrected chi connectivity index (χ4v) is 2.10. The largest absolute Gasteiger partial charge is 0.308 e. The predicted octanol–water partition coefficient (Wildman–Crippen LogP) is 1.15. The Kier molecular flexibility index (Phi) is 3.41. The van der Waals surface area contributed by atoms with Gasteiger partial charge >= 0.3 is 0 Å². The van der Waals surface area contributed by atoms with Gasteiger partial charge in [0, 0.05) is 18.0 Å². The fourth-order valence-electron chi connectivity index (χ4n) is 1.43. The molecule has 15 heavy (non-hydrogen) atoms. The normalized spacial score (nSPS) is 12.9. The van der Waals surface area contributed by atoms with Crippen molar-refractivity contribution < 1.29 is 0 Å². The highest BCUT2D eigenvalue weighted by atomic mass is 32.1. The van der Waals surface area contributed by atoms with Crippen LogP contribution in [0.4, 0.5) is 0 Å². The summed E-state index contributed by atoms with van der Waals surface area (Å²) in [6.45, 7) is 2.98. The second-order valence-corrected chi connectivity index (χ2v) is 4.11. The molecule has 1 unspecified atom stereocenters. The van der Waals surface area contributed by atoms with Crippen molar-refractivity contribution in [3.05, 3.63) is 28.5 Å². The first-order valence-electron chi connectivity index (χ1n) is 4.87. The molecule has 2 aromatic rings. The molecule has 0 radical (unpaired) electrons. The molecule has 2 heterocycles. The number of aromatic amines is 1. The van der Waals surface area contributed by atoms with Gasteiger partial charge in [-0.15, -0.1) is 11.3 Å². The molecule has 1 atom stereocenters. The summed E-state index contributed by atoms with van der Waals surface area (Å²) < 4.78 is 0. The Morgan fingerprint density at radius 3 is 3.13 bits per heavy atom. The molecule has 0 aliphatic heterocycles. The van der Waals surface area contributed by atoms with Crippen molar-refractivity contribution in [2.75, 3.05) is 6.54 Å². The van der Waals surface area contributed by atoms with E-state index in [2.05, 4.69) is 32.6 Å². The lowest BCUT2D eigenvalue weighted by molar-refractivity contribution is 0.534. The van der Waals surface area contributed by atoms with Gasteiger partial charge in [-0.3, -0.25) is 0 Å². The molecule has 0 bridgehead atoms. The van der Waals surface area contributed by atoms with Gasteiger partial charge in [0.25, 0.3) is 0 Å². The van der Waals surface area contributed by atoms with E-state index in [1.807, 2.05) is 11.6 Å². The van der Waals surface area contributed by atoms with Crippen molar-refractivity contribution in [2.24, 2.45) is 0 Å². The quantitative estimate of drug-likeness (QED) is 0.798. The molecule has 0 saturated carbocycles. The van der Waals surface area contributed by atoms with Crippen LogP contribution >= 0.6 is 11.3 Å². The third kappa shape index (κ3) is 2.60. The van der Waals surface area contributed by atoms with Crippen molar-refractivity contribution in [2.45, 2.75) is 19.4 Å². The molecule has 0 saturated heterocycles. The molecule has 0 spiro atoms. The van der Waals surface area contributed by atoms with Crippen molar-refractivity contribution in [3.63, 3.8) is 0 Å². The van der Waals surface area contributed by atoms with Gasteiger partial charge in [0.2, 0.25) is 0 Å². The summed E-state index contributed by atoms with van der Waals surface area (Å²) in [6, 6.07) is 0.194. The monoisotopic (exact) mass is 223 g/mol. The molecule has 6 heteroatoms. The smallest absolute Gasteiger partial charge is 0.0998 e. The zero-order chi connectivity index (χ0) is 10.5. The highest BCUT2D eigenvalue weighted by molar-refractivity contribution is 7.09. The average molecular weight is 223 g/mol. The molecule has 0 aliphatic carbocycles. The number of nitrogens with one attached hydrogen (secondary N) is 2. The maximum Gasteiger partial charge on any atom is 0.0998 e. The van der Waals surface area contributed by atoms with Gasteiger partial charge in [-0.25, -0.2) is 4.98 Å². The Labute approximate surface area is 91.9 Å². The molecular formula is C9H13N5S. The standard InChI is InChI=1S/C9H13N5S/c1-2-10-7(8-6-12-14-13-8)5-9-11-3-4-15-9/h3-4,6-7,10H,2,5H2,1H3,(H,12,13,14). The molecule has 2 N–H and O–H groups in total. The van der Waals surface area contributed by atoms with E-state index in [0.717, 1.165) is 23.7 Å². The summed E-state index contributed by atoms with van der Waals surface area (Å²) >= 11 is 1.66. The molecular weight excluding hydrogens is 210 g/mol. The Morgan fingerprint density at radius 1 is 1.60 bits per heavy atom. The van der Waals surface area contributed by atoms with Gasteiger partial charge in [0.1, 0.15) is 0 Å². The minimum absolute atomic E-state index is 0.194. The van der Waals surface area contributed by atoms with E-state index in [9.17, 15) is 0 Å².